The summed E-state index contributed by atoms with van der Waals surface area (Å²) >= 11 is 0. The quantitative estimate of drug-likeness (QED) is 0.0433. The number of unbranched alkanes of at least 4 members (excludes halogenated alkanes) is 31. The molecule has 1 amide bonds. The SMILES string of the molecule is CCCCCCC/C=C\C/C=C\CCCCCCCCCCCC(=O)NC(CO)C(O)/C=C/CCCCCCCCCCCCCCCCCCC. The van der Waals surface area contributed by atoms with E-state index >= 15 is 0 Å². The van der Waals surface area contributed by atoms with E-state index in [9.17, 15) is 15.0 Å². The highest BCUT2D eigenvalue weighted by atomic mass is 16.3. The highest BCUT2D eigenvalue weighted by Gasteiger charge is 2.17. The summed E-state index contributed by atoms with van der Waals surface area (Å²) in [4.78, 5) is 12.4. The van der Waals surface area contributed by atoms with Gasteiger partial charge >= 0.3 is 0 Å². The first-order valence-electron chi connectivity index (χ1n) is 23.2. The van der Waals surface area contributed by atoms with Gasteiger partial charge in [-0.2, -0.15) is 0 Å². The third-order valence-corrected chi connectivity index (χ3v) is 10.6. The number of allylic oxidation sites excluding steroid dienone is 5. The third-order valence-electron chi connectivity index (χ3n) is 10.6. The first-order chi connectivity index (χ1) is 25.7. The number of carbonyl (C=O) groups is 1. The Balaban J connectivity index is 3.56. The van der Waals surface area contributed by atoms with Crippen molar-refractivity contribution in [2.45, 2.75) is 257 Å². The lowest BCUT2D eigenvalue weighted by molar-refractivity contribution is -0.123. The van der Waals surface area contributed by atoms with Crippen molar-refractivity contribution >= 4 is 5.91 Å². The van der Waals surface area contributed by atoms with Crippen LogP contribution >= 0.6 is 0 Å². The Morgan fingerprint density at radius 1 is 0.462 bits per heavy atom. The Labute approximate surface area is 325 Å². The van der Waals surface area contributed by atoms with Crippen molar-refractivity contribution in [1.82, 2.24) is 5.32 Å². The minimum atomic E-state index is -0.840. The molecule has 0 heterocycles. The fourth-order valence-corrected chi connectivity index (χ4v) is 7.03. The van der Waals surface area contributed by atoms with E-state index in [1.54, 1.807) is 6.08 Å². The van der Waals surface area contributed by atoms with Gasteiger partial charge in [-0.15, -0.1) is 0 Å². The van der Waals surface area contributed by atoms with E-state index in [0.717, 1.165) is 32.1 Å². The zero-order valence-corrected chi connectivity index (χ0v) is 35.1. The molecule has 0 saturated heterocycles. The highest BCUT2D eigenvalue weighted by Crippen LogP contribution is 2.15. The topological polar surface area (TPSA) is 69.6 Å². The molecular weight excluding hydrogens is 639 g/mol. The minimum Gasteiger partial charge on any atom is -0.394 e. The Morgan fingerprint density at radius 2 is 0.788 bits per heavy atom. The Hall–Kier alpha value is -1.39. The molecule has 0 aliphatic rings. The van der Waals surface area contributed by atoms with Gasteiger partial charge in [0.05, 0.1) is 18.8 Å². The lowest BCUT2D eigenvalue weighted by atomic mass is 10.0. The van der Waals surface area contributed by atoms with Crippen molar-refractivity contribution in [3.05, 3.63) is 36.5 Å². The molecule has 0 aliphatic carbocycles. The van der Waals surface area contributed by atoms with Gasteiger partial charge < -0.3 is 15.5 Å². The first-order valence-corrected chi connectivity index (χ1v) is 23.2. The maximum absolute atomic E-state index is 12.4. The lowest BCUT2D eigenvalue weighted by Crippen LogP contribution is -2.45. The van der Waals surface area contributed by atoms with Gasteiger partial charge in [-0.25, -0.2) is 0 Å². The number of carbonyl (C=O) groups excluding carboxylic acids is 1. The van der Waals surface area contributed by atoms with E-state index in [1.165, 1.54) is 193 Å². The van der Waals surface area contributed by atoms with Crippen LogP contribution in [-0.4, -0.2) is 34.9 Å². The fraction of sp³-hybridized carbons (Fsp3) is 0.854. The van der Waals surface area contributed by atoms with Gasteiger partial charge in [0.25, 0.3) is 0 Å². The fourth-order valence-electron chi connectivity index (χ4n) is 7.03. The maximum Gasteiger partial charge on any atom is 0.220 e. The predicted octanol–water partition coefficient (Wildman–Crippen LogP) is 14.6. The largest absolute Gasteiger partial charge is 0.394 e. The van der Waals surface area contributed by atoms with Crippen molar-refractivity contribution in [3.8, 4) is 0 Å². The maximum atomic E-state index is 12.4. The lowest BCUT2D eigenvalue weighted by Gasteiger charge is -2.20. The van der Waals surface area contributed by atoms with Crippen LogP contribution in [-0.2, 0) is 4.79 Å². The molecule has 4 heteroatoms. The summed E-state index contributed by atoms with van der Waals surface area (Å²) in [5, 5.41) is 23.1. The molecule has 0 aromatic carbocycles. The average Bonchev–Trinajstić information content (AvgIpc) is 3.15. The molecule has 0 saturated carbocycles. The van der Waals surface area contributed by atoms with Gasteiger partial charge in [0.15, 0.2) is 0 Å². The average molecular weight is 730 g/mol. The Bertz CT molecular complexity index is 790. The van der Waals surface area contributed by atoms with Gasteiger partial charge in [-0.05, 0) is 51.4 Å². The summed E-state index contributed by atoms with van der Waals surface area (Å²) < 4.78 is 0. The second-order valence-corrected chi connectivity index (χ2v) is 15.8. The second kappa shape index (κ2) is 44.0. The molecule has 2 unspecified atom stereocenters. The third kappa shape index (κ3) is 39.8. The minimum absolute atomic E-state index is 0.0671. The van der Waals surface area contributed by atoms with Gasteiger partial charge in [-0.3, -0.25) is 4.79 Å². The molecule has 0 aromatic heterocycles. The van der Waals surface area contributed by atoms with Crippen LogP contribution in [0.1, 0.15) is 245 Å². The molecule has 0 bridgehead atoms. The molecule has 0 radical (unpaired) electrons. The molecule has 3 N–H and O–H groups in total. The van der Waals surface area contributed by atoms with Crippen molar-refractivity contribution < 1.29 is 15.0 Å². The van der Waals surface area contributed by atoms with Crippen LogP contribution in [0.3, 0.4) is 0 Å². The number of aliphatic hydroxyl groups is 2. The molecule has 4 nitrogen and oxygen atoms in total. The van der Waals surface area contributed by atoms with Crippen LogP contribution < -0.4 is 5.32 Å². The van der Waals surface area contributed by atoms with Crippen molar-refractivity contribution in [2.24, 2.45) is 0 Å². The number of hydrogen-bond donors (Lipinski definition) is 3. The summed E-state index contributed by atoms with van der Waals surface area (Å²) in [6, 6.07) is -0.624. The van der Waals surface area contributed by atoms with Crippen LogP contribution in [0, 0.1) is 0 Å². The van der Waals surface area contributed by atoms with Gasteiger partial charge in [-0.1, -0.05) is 224 Å². The van der Waals surface area contributed by atoms with Gasteiger partial charge in [0.2, 0.25) is 5.91 Å². The van der Waals surface area contributed by atoms with Crippen molar-refractivity contribution in [1.29, 1.82) is 0 Å². The van der Waals surface area contributed by atoms with Crippen LogP contribution in [0.4, 0.5) is 0 Å². The first kappa shape index (κ1) is 50.6. The van der Waals surface area contributed by atoms with E-state index < -0.39 is 12.1 Å². The standard InChI is InChI=1S/C48H91NO3/c1-3-5-7-9-11-13-15-17-19-21-23-24-26-28-30-32-34-36-38-40-42-44-48(52)49-46(45-50)47(51)43-41-39-37-35-33-31-29-27-25-22-20-18-16-14-12-10-8-6-4-2/h15,17,21,23,41,43,46-47,50-51H,3-14,16,18-20,22,24-40,42,44-45H2,1-2H3,(H,49,52)/b17-15-,23-21-,43-41+. The number of hydrogen-bond acceptors (Lipinski definition) is 3. The smallest absolute Gasteiger partial charge is 0.220 e. The van der Waals surface area contributed by atoms with Crippen molar-refractivity contribution in [2.75, 3.05) is 6.61 Å². The second-order valence-electron chi connectivity index (χ2n) is 15.8. The monoisotopic (exact) mass is 730 g/mol. The summed E-state index contributed by atoms with van der Waals surface area (Å²) in [5.41, 5.74) is 0. The molecule has 0 rings (SSSR count). The molecule has 0 fully saturated rings. The zero-order chi connectivity index (χ0) is 37.8. The molecule has 306 valence electrons. The number of aliphatic hydroxyl groups excluding tert-OH is 2. The zero-order valence-electron chi connectivity index (χ0n) is 35.1. The number of amides is 1. The summed E-state index contributed by atoms with van der Waals surface area (Å²) in [7, 11) is 0. The van der Waals surface area contributed by atoms with Gasteiger partial charge in [0.1, 0.15) is 0 Å². The Kier molecular flexibility index (Phi) is 42.8. The van der Waals surface area contributed by atoms with Crippen LogP contribution in [0.2, 0.25) is 0 Å². The van der Waals surface area contributed by atoms with Crippen LogP contribution in [0.25, 0.3) is 0 Å². The Morgan fingerprint density at radius 3 is 1.15 bits per heavy atom. The number of rotatable bonds is 42. The summed E-state index contributed by atoms with van der Waals surface area (Å²) in [5.74, 6) is -0.0671. The highest BCUT2D eigenvalue weighted by molar-refractivity contribution is 5.76. The normalized spacial score (nSPS) is 13.2. The van der Waals surface area contributed by atoms with Crippen LogP contribution in [0.15, 0.2) is 36.5 Å². The molecule has 2 atom stereocenters. The van der Waals surface area contributed by atoms with E-state index in [2.05, 4.69) is 43.5 Å². The van der Waals surface area contributed by atoms with E-state index in [0.29, 0.717) is 6.42 Å². The molecule has 0 spiro atoms. The predicted molar refractivity (Wildman–Crippen MR) is 230 cm³/mol. The van der Waals surface area contributed by atoms with Gasteiger partial charge in [0, 0.05) is 6.42 Å². The summed E-state index contributed by atoms with van der Waals surface area (Å²) in [6.45, 7) is 4.31. The van der Waals surface area contributed by atoms with E-state index in [4.69, 9.17) is 0 Å². The van der Waals surface area contributed by atoms with E-state index in [-0.39, 0.29) is 12.5 Å². The molecule has 52 heavy (non-hydrogen) atoms. The van der Waals surface area contributed by atoms with Crippen molar-refractivity contribution in [3.63, 3.8) is 0 Å². The molecular formula is C48H91NO3. The molecule has 0 aromatic rings. The van der Waals surface area contributed by atoms with E-state index in [1.807, 2.05) is 6.08 Å². The molecule has 0 aliphatic heterocycles. The summed E-state index contributed by atoms with van der Waals surface area (Å²) in [6.07, 6.45) is 58.3. The van der Waals surface area contributed by atoms with Crippen LogP contribution in [0.5, 0.6) is 0 Å². The number of nitrogens with one attached hydrogen (secondary N) is 1.